The second kappa shape index (κ2) is 10.9. The molecule has 13 heteroatoms. The highest BCUT2D eigenvalue weighted by Gasteiger charge is 2.49. The number of anilines is 2. The Morgan fingerprint density at radius 1 is 1.12 bits per heavy atom. The van der Waals surface area contributed by atoms with Gasteiger partial charge in [0.2, 0.25) is 10.0 Å². The Bertz CT molecular complexity index is 2020. The Kier molecular flexibility index (Phi) is 7.25. The standard InChI is InChI=1S/C30H27ClN8O3S/c1-3-43(41,42)37-17-30(18-37,12-13-32)39-16-21(15-35-39)27-23-11-14-38(28(23)34-19-33-27)29(40)22-7-4-5-9-26(22)36-25-10-6-8-24(31)20(25)2/h4-11,14-16,19,36H,3,12,17-18H2,1-2H3. The normalized spacial score (nSPS) is 14.7. The third-order valence-electron chi connectivity index (χ3n) is 7.84. The molecule has 2 aromatic carbocycles. The van der Waals surface area contributed by atoms with Crippen molar-refractivity contribution < 1.29 is 13.2 Å². The van der Waals surface area contributed by atoms with E-state index < -0.39 is 15.6 Å². The maximum absolute atomic E-state index is 13.9. The molecule has 1 saturated heterocycles. The molecular weight excluding hydrogens is 588 g/mol. The fourth-order valence-electron chi connectivity index (χ4n) is 5.32. The zero-order valence-corrected chi connectivity index (χ0v) is 25.0. The number of benzene rings is 2. The van der Waals surface area contributed by atoms with E-state index in [1.54, 1.807) is 48.4 Å². The fraction of sp³-hybridized carbons (Fsp3) is 0.233. The molecule has 3 aromatic heterocycles. The molecule has 0 amide bonds. The van der Waals surface area contributed by atoms with Crippen LogP contribution in [-0.2, 0) is 15.6 Å². The van der Waals surface area contributed by atoms with Crippen LogP contribution in [-0.4, -0.2) is 61.8 Å². The van der Waals surface area contributed by atoms with Gasteiger partial charge in [-0.1, -0.05) is 29.8 Å². The maximum Gasteiger partial charge on any atom is 0.265 e. The van der Waals surface area contributed by atoms with Crippen molar-refractivity contribution in [2.75, 3.05) is 24.2 Å². The number of nitrogens with one attached hydrogen (secondary N) is 1. The summed E-state index contributed by atoms with van der Waals surface area (Å²) in [5, 5.41) is 18.6. The number of fused-ring (bicyclic) bond motifs is 1. The van der Waals surface area contributed by atoms with Crippen molar-refractivity contribution in [1.82, 2.24) is 28.6 Å². The van der Waals surface area contributed by atoms with E-state index in [1.807, 2.05) is 37.3 Å². The number of aromatic nitrogens is 5. The molecule has 0 atom stereocenters. The lowest BCUT2D eigenvalue weighted by Crippen LogP contribution is -2.64. The molecule has 1 aliphatic rings. The van der Waals surface area contributed by atoms with Crippen molar-refractivity contribution in [3.05, 3.63) is 89.6 Å². The topological polar surface area (TPSA) is 139 Å². The molecule has 0 bridgehead atoms. The number of sulfonamides is 1. The highest BCUT2D eigenvalue weighted by Crippen LogP contribution is 2.36. The Morgan fingerprint density at radius 2 is 1.88 bits per heavy atom. The van der Waals surface area contributed by atoms with Crippen molar-refractivity contribution in [2.24, 2.45) is 0 Å². The number of nitriles is 1. The van der Waals surface area contributed by atoms with E-state index >= 15 is 0 Å². The summed E-state index contributed by atoms with van der Waals surface area (Å²) in [4.78, 5) is 22.8. The van der Waals surface area contributed by atoms with Gasteiger partial charge in [0.25, 0.3) is 5.91 Å². The molecule has 0 saturated carbocycles. The zero-order chi connectivity index (χ0) is 30.4. The summed E-state index contributed by atoms with van der Waals surface area (Å²) in [6, 6.07) is 16.7. The van der Waals surface area contributed by atoms with Gasteiger partial charge in [-0.15, -0.1) is 0 Å². The van der Waals surface area contributed by atoms with Crippen LogP contribution in [0.4, 0.5) is 11.4 Å². The quantitative estimate of drug-likeness (QED) is 0.259. The number of halogens is 1. The Labute approximate surface area is 253 Å². The molecule has 43 heavy (non-hydrogen) atoms. The molecule has 0 aliphatic carbocycles. The molecule has 1 aliphatic heterocycles. The van der Waals surface area contributed by atoms with Gasteiger partial charge in [0, 0.05) is 47.1 Å². The van der Waals surface area contributed by atoms with Crippen LogP contribution in [0.1, 0.15) is 29.3 Å². The Morgan fingerprint density at radius 3 is 2.65 bits per heavy atom. The van der Waals surface area contributed by atoms with Crippen LogP contribution in [0.2, 0.25) is 5.02 Å². The van der Waals surface area contributed by atoms with Crippen molar-refractivity contribution in [3.63, 3.8) is 0 Å². The molecule has 6 rings (SSSR count). The predicted molar refractivity (Wildman–Crippen MR) is 164 cm³/mol. The molecule has 0 unspecified atom stereocenters. The van der Waals surface area contributed by atoms with Crippen LogP contribution in [0.15, 0.2) is 73.4 Å². The van der Waals surface area contributed by atoms with Gasteiger partial charge in [-0.25, -0.2) is 18.4 Å². The lowest BCUT2D eigenvalue weighted by Gasteiger charge is -2.47. The number of rotatable bonds is 8. The zero-order valence-electron chi connectivity index (χ0n) is 23.4. The summed E-state index contributed by atoms with van der Waals surface area (Å²) in [5.74, 6) is -0.284. The molecule has 1 N–H and O–H groups in total. The van der Waals surface area contributed by atoms with Gasteiger partial charge >= 0.3 is 0 Å². The van der Waals surface area contributed by atoms with Crippen molar-refractivity contribution in [1.29, 1.82) is 5.26 Å². The van der Waals surface area contributed by atoms with E-state index in [1.165, 1.54) is 15.2 Å². The SMILES string of the molecule is CCS(=O)(=O)N1CC(CC#N)(n2cc(-c3ncnc4c3ccn4C(=O)c3ccccc3Nc3cccc(Cl)c3C)cn2)C1. The second-order valence-electron chi connectivity index (χ2n) is 10.4. The van der Waals surface area contributed by atoms with Gasteiger partial charge in [0.05, 0.1) is 41.4 Å². The van der Waals surface area contributed by atoms with Crippen molar-refractivity contribution in [2.45, 2.75) is 25.8 Å². The van der Waals surface area contributed by atoms with Crippen LogP contribution in [0.25, 0.3) is 22.3 Å². The first kappa shape index (κ1) is 28.5. The van der Waals surface area contributed by atoms with Crippen LogP contribution < -0.4 is 5.32 Å². The lowest BCUT2D eigenvalue weighted by molar-refractivity contribution is 0.0719. The summed E-state index contributed by atoms with van der Waals surface area (Å²) < 4.78 is 29.2. The summed E-state index contributed by atoms with van der Waals surface area (Å²) >= 11 is 6.31. The first-order valence-corrected chi connectivity index (χ1v) is 15.5. The number of carbonyl (C=O) groups is 1. The predicted octanol–water partition coefficient (Wildman–Crippen LogP) is 4.96. The second-order valence-corrected chi connectivity index (χ2v) is 13.1. The minimum atomic E-state index is -3.37. The average Bonchev–Trinajstić information content (AvgIpc) is 3.65. The highest BCUT2D eigenvalue weighted by atomic mass is 35.5. The lowest BCUT2D eigenvalue weighted by atomic mass is 9.89. The minimum absolute atomic E-state index is 0.00456. The fourth-order valence-corrected chi connectivity index (χ4v) is 6.73. The number of carbonyl (C=O) groups excluding carboxylic acids is 1. The van der Waals surface area contributed by atoms with Crippen molar-refractivity contribution in [3.8, 4) is 17.3 Å². The molecule has 1 fully saturated rings. The third-order valence-corrected chi connectivity index (χ3v) is 10.0. The van der Waals surface area contributed by atoms with Gasteiger partial charge < -0.3 is 5.32 Å². The van der Waals surface area contributed by atoms with Crippen molar-refractivity contribution >= 4 is 49.9 Å². The smallest absolute Gasteiger partial charge is 0.265 e. The van der Waals surface area contributed by atoms with Crippen LogP contribution in [0.5, 0.6) is 0 Å². The van der Waals surface area contributed by atoms with Crippen LogP contribution in [0.3, 0.4) is 0 Å². The number of hydrogen-bond acceptors (Lipinski definition) is 8. The van der Waals surface area contributed by atoms with Crippen LogP contribution >= 0.6 is 11.6 Å². The first-order valence-electron chi connectivity index (χ1n) is 13.6. The first-order chi connectivity index (χ1) is 20.7. The number of para-hydroxylation sites is 1. The third kappa shape index (κ3) is 4.95. The summed E-state index contributed by atoms with van der Waals surface area (Å²) in [7, 11) is -3.37. The van der Waals surface area contributed by atoms with Gasteiger partial charge in [-0.05, 0) is 49.7 Å². The van der Waals surface area contributed by atoms with Crippen LogP contribution in [0, 0.1) is 18.3 Å². The Balaban J connectivity index is 1.32. The molecule has 5 aromatic rings. The highest BCUT2D eigenvalue weighted by molar-refractivity contribution is 7.89. The van der Waals surface area contributed by atoms with E-state index in [-0.39, 0.29) is 31.2 Å². The van der Waals surface area contributed by atoms with E-state index in [2.05, 4.69) is 26.5 Å². The molecule has 4 heterocycles. The van der Waals surface area contributed by atoms with Gasteiger partial charge in [-0.3, -0.25) is 14.0 Å². The number of hydrogen-bond donors (Lipinski definition) is 1. The largest absolute Gasteiger partial charge is 0.355 e. The van der Waals surface area contributed by atoms with E-state index in [9.17, 15) is 18.5 Å². The molecule has 218 valence electrons. The van der Waals surface area contributed by atoms with E-state index in [0.29, 0.717) is 38.6 Å². The summed E-state index contributed by atoms with van der Waals surface area (Å²) in [5.41, 5.74) is 3.61. The molecule has 0 radical (unpaired) electrons. The maximum atomic E-state index is 13.9. The van der Waals surface area contributed by atoms with E-state index in [4.69, 9.17) is 11.6 Å². The monoisotopic (exact) mass is 614 g/mol. The molecule has 11 nitrogen and oxygen atoms in total. The Hall–Kier alpha value is -4.57. The number of nitrogens with zero attached hydrogens (tertiary/aromatic N) is 7. The van der Waals surface area contributed by atoms with E-state index in [0.717, 1.165) is 11.3 Å². The van der Waals surface area contributed by atoms with Gasteiger partial charge in [0.15, 0.2) is 5.65 Å². The van der Waals surface area contributed by atoms with Gasteiger partial charge in [-0.2, -0.15) is 14.7 Å². The minimum Gasteiger partial charge on any atom is -0.355 e. The molecular formula is C30H27ClN8O3S. The molecule has 0 spiro atoms. The average molecular weight is 615 g/mol. The summed E-state index contributed by atoms with van der Waals surface area (Å²) in [6.07, 6.45) is 6.55. The summed E-state index contributed by atoms with van der Waals surface area (Å²) in [6.45, 7) is 3.84. The van der Waals surface area contributed by atoms with Gasteiger partial charge in [0.1, 0.15) is 11.9 Å².